The predicted octanol–water partition coefficient (Wildman–Crippen LogP) is 1.87. The number of rotatable bonds is 0. The molecular formula is C8H13NS. The maximum absolute atomic E-state index is 5.15. The number of fused-ring (bicyclic) bond motifs is 2. The molecule has 0 amide bonds. The molecule has 2 aliphatic rings. The molecular weight excluding hydrogens is 142 g/mol. The first-order valence-corrected chi connectivity index (χ1v) is 4.55. The molecule has 2 fully saturated rings. The molecule has 2 heteroatoms. The van der Waals surface area contributed by atoms with Gasteiger partial charge in [-0.25, -0.2) is 0 Å². The minimum atomic E-state index is 0.736. The molecule has 2 bridgehead atoms. The first kappa shape index (κ1) is 6.59. The summed E-state index contributed by atoms with van der Waals surface area (Å²) in [7, 11) is 0. The zero-order valence-electron chi connectivity index (χ0n) is 6.10. The Morgan fingerprint density at radius 3 is 3.10 bits per heavy atom. The molecule has 1 heterocycles. The SMILES string of the molecule is S=C1C[C@@H]2CCC[C@@H](C2)N1. The van der Waals surface area contributed by atoms with Gasteiger partial charge in [-0.1, -0.05) is 18.6 Å². The van der Waals surface area contributed by atoms with Gasteiger partial charge in [0.25, 0.3) is 0 Å². The Morgan fingerprint density at radius 1 is 1.40 bits per heavy atom. The summed E-state index contributed by atoms with van der Waals surface area (Å²) in [5.74, 6) is 0.924. The lowest BCUT2D eigenvalue weighted by Gasteiger charge is -2.35. The molecule has 1 saturated carbocycles. The van der Waals surface area contributed by atoms with Gasteiger partial charge >= 0.3 is 0 Å². The Bertz CT molecular complexity index is 141. The molecule has 1 aliphatic carbocycles. The van der Waals surface area contributed by atoms with Crippen molar-refractivity contribution in [3.8, 4) is 0 Å². The number of thiocarbonyl (C=S) groups is 1. The summed E-state index contributed by atoms with van der Waals surface area (Å²) in [5, 5.41) is 3.38. The summed E-state index contributed by atoms with van der Waals surface area (Å²) in [6, 6.07) is 0.736. The molecule has 1 N–H and O–H groups in total. The quantitative estimate of drug-likeness (QED) is 0.536. The fourth-order valence-corrected chi connectivity index (χ4v) is 2.56. The molecule has 10 heavy (non-hydrogen) atoms. The summed E-state index contributed by atoms with van der Waals surface area (Å²) in [6.45, 7) is 0. The highest BCUT2D eigenvalue weighted by Gasteiger charge is 2.27. The van der Waals surface area contributed by atoms with Crippen molar-refractivity contribution in [2.75, 3.05) is 0 Å². The van der Waals surface area contributed by atoms with Crippen LogP contribution in [0.1, 0.15) is 32.1 Å². The second-order valence-electron chi connectivity index (χ2n) is 3.50. The first-order valence-electron chi connectivity index (χ1n) is 4.14. The lowest BCUT2D eigenvalue weighted by molar-refractivity contribution is 0.289. The number of hydrogen-bond acceptors (Lipinski definition) is 1. The normalized spacial score (nSPS) is 39.0. The molecule has 1 aliphatic heterocycles. The van der Waals surface area contributed by atoms with Gasteiger partial charge < -0.3 is 5.32 Å². The zero-order valence-corrected chi connectivity index (χ0v) is 6.91. The average molecular weight is 155 g/mol. The highest BCUT2D eigenvalue weighted by Crippen LogP contribution is 2.30. The van der Waals surface area contributed by atoms with Crippen LogP contribution in [0.15, 0.2) is 0 Å². The Labute approximate surface area is 67.2 Å². The molecule has 0 aromatic carbocycles. The topological polar surface area (TPSA) is 12.0 Å². The van der Waals surface area contributed by atoms with Gasteiger partial charge in [0.05, 0.1) is 4.99 Å². The molecule has 56 valence electrons. The van der Waals surface area contributed by atoms with Crippen LogP contribution >= 0.6 is 12.2 Å². The van der Waals surface area contributed by atoms with Crippen LogP contribution in [-0.2, 0) is 0 Å². The van der Waals surface area contributed by atoms with Crippen molar-refractivity contribution in [3.63, 3.8) is 0 Å². The number of piperidine rings is 1. The summed E-state index contributed by atoms with van der Waals surface area (Å²) < 4.78 is 0. The Kier molecular flexibility index (Phi) is 1.65. The molecule has 0 unspecified atom stereocenters. The van der Waals surface area contributed by atoms with E-state index in [0.29, 0.717) is 0 Å². The van der Waals surface area contributed by atoms with Crippen LogP contribution in [0.4, 0.5) is 0 Å². The maximum atomic E-state index is 5.15. The molecule has 0 spiro atoms. The third-order valence-corrected chi connectivity index (χ3v) is 2.91. The standard InChI is InChI=1S/C8H13NS/c10-8-5-6-2-1-3-7(4-6)9-8/h6-7H,1-5H2,(H,9,10)/t6-,7+/m1/s1. The highest BCUT2D eigenvalue weighted by molar-refractivity contribution is 7.80. The molecule has 0 aromatic heterocycles. The molecule has 1 nitrogen and oxygen atoms in total. The van der Waals surface area contributed by atoms with Crippen LogP contribution in [0.3, 0.4) is 0 Å². The van der Waals surface area contributed by atoms with Gasteiger partial charge in [0.15, 0.2) is 0 Å². The minimum absolute atomic E-state index is 0.736. The van der Waals surface area contributed by atoms with Crippen LogP contribution in [0.5, 0.6) is 0 Å². The van der Waals surface area contributed by atoms with Gasteiger partial charge in [-0.2, -0.15) is 0 Å². The smallest absolute Gasteiger partial charge is 0.0758 e. The van der Waals surface area contributed by atoms with Crippen LogP contribution < -0.4 is 5.32 Å². The van der Waals surface area contributed by atoms with Gasteiger partial charge in [-0.15, -0.1) is 0 Å². The van der Waals surface area contributed by atoms with Gasteiger partial charge in [-0.3, -0.25) is 0 Å². The third kappa shape index (κ3) is 1.17. The predicted molar refractivity (Wildman–Crippen MR) is 46.1 cm³/mol. The Hall–Kier alpha value is -0.110. The molecule has 2 rings (SSSR count). The van der Waals surface area contributed by atoms with E-state index in [-0.39, 0.29) is 0 Å². The lowest BCUT2D eigenvalue weighted by Crippen LogP contribution is -2.43. The second-order valence-corrected chi connectivity index (χ2v) is 3.99. The van der Waals surface area contributed by atoms with E-state index in [1.807, 2.05) is 0 Å². The monoisotopic (exact) mass is 155 g/mol. The molecule has 0 radical (unpaired) electrons. The molecule has 0 aromatic rings. The summed E-state index contributed by atoms with van der Waals surface area (Å²) in [5.41, 5.74) is 0. The summed E-state index contributed by atoms with van der Waals surface area (Å²) >= 11 is 5.15. The van der Waals surface area contributed by atoms with E-state index in [1.54, 1.807) is 0 Å². The second kappa shape index (κ2) is 2.50. The van der Waals surface area contributed by atoms with Gasteiger partial charge in [0, 0.05) is 12.5 Å². The van der Waals surface area contributed by atoms with Crippen molar-refractivity contribution in [1.82, 2.24) is 5.32 Å². The minimum Gasteiger partial charge on any atom is -0.377 e. The van der Waals surface area contributed by atoms with Crippen molar-refractivity contribution >= 4 is 17.2 Å². The van der Waals surface area contributed by atoms with Crippen LogP contribution in [0, 0.1) is 5.92 Å². The van der Waals surface area contributed by atoms with Crippen LogP contribution in [0.25, 0.3) is 0 Å². The number of hydrogen-bond donors (Lipinski definition) is 1. The highest BCUT2D eigenvalue weighted by atomic mass is 32.1. The van der Waals surface area contributed by atoms with Gasteiger partial charge in [-0.05, 0) is 25.2 Å². The molecule has 2 atom stereocenters. The van der Waals surface area contributed by atoms with Crippen molar-refractivity contribution in [2.45, 2.75) is 38.1 Å². The largest absolute Gasteiger partial charge is 0.377 e. The average Bonchev–Trinajstić information content (AvgIpc) is 1.85. The van der Waals surface area contributed by atoms with Gasteiger partial charge in [0.2, 0.25) is 0 Å². The zero-order chi connectivity index (χ0) is 6.97. The van der Waals surface area contributed by atoms with E-state index >= 15 is 0 Å². The van der Waals surface area contributed by atoms with Crippen molar-refractivity contribution < 1.29 is 0 Å². The Morgan fingerprint density at radius 2 is 2.30 bits per heavy atom. The van der Waals surface area contributed by atoms with Crippen molar-refractivity contribution in [1.29, 1.82) is 0 Å². The molecule has 1 saturated heterocycles. The van der Waals surface area contributed by atoms with E-state index in [4.69, 9.17) is 12.2 Å². The van der Waals surface area contributed by atoms with Crippen LogP contribution in [0.2, 0.25) is 0 Å². The summed E-state index contributed by atoms with van der Waals surface area (Å²) in [4.78, 5) is 1.11. The fourth-order valence-electron chi connectivity index (χ4n) is 2.16. The van der Waals surface area contributed by atoms with Crippen molar-refractivity contribution in [2.24, 2.45) is 5.92 Å². The van der Waals surface area contributed by atoms with E-state index in [1.165, 1.54) is 25.7 Å². The third-order valence-electron chi connectivity index (χ3n) is 2.62. The summed E-state index contributed by atoms with van der Waals surface area (Å²) in [6.07, 6.45) is 6.70. The Balaban J connectivity index is 2.05. The van der Waals surface area contributed by atoms with E-state index in [9.17, 15) is 0 Å². The van der Waals surface area contributed by atoms with E-state index in [0.717, 1.165) is 23.4 Å². The van der Waals surface area contributed by atoms with Crippen LogP contribution in [-0.4, -0.2) is 11.0 Å². The van der Waals surface area contributed by atoms with E-state index < -0.39 is 0 Å². The first-order chi connectivity index (χ1) is 4.84. The fraction of sp³-hybridized carbons (Fsp3) is 0.875. The number of nitrogens with one attached hydrogen (secondary N) is 1. The lowest BCUT2D eigenvalue weighted by atomic mass is 9.81. The maximum Gasteiger partial charge on any atom is 0.0758 e. The van der Waals surface area contributed by atoms with Crippen molar-refractivity contribution in [3.05, 3.63) is 0 Å². The van der Waals surface area contributed by atoms with Gasteiger partial charge in [0.1, 0.15) is 0 Å². The van der Waals surface area contributed by atoms with E-state index in [2.05, 4.69) is 5.32 Å².